The molecule has 0 aromatic heterocycles. The Kier molecular flexibility index (Phi) is 33.0. The van der Waals surface area contributed by atoms with Gasteiger partial charge in [-0.05, 0) is 192 Å². The van der Waals surface area contributed by atoms with Crippen molar-refractivity contribution in [3.8, 4) is 46.0 Å². The van der Waals surface area contributed by atoms with Crippen LogP contribution >= 0.6 is 0 Å². The molecule has 16 heteroatoms. The number of nitrogens with one attached hydrogen (secondary N) is 1. The summed E-state index contributed by atoms with van der Waals surface area (Å²) in [7, 11) is 0. The monoisotopic (exact) mass is 1320 g/mol. The molecule has 7 heterocycles. The lowest BCUT2D eigenvalue weighted by atomic mass is 10.1. The van der Waals surface area contributed by atoms with Gasteiger partial charge in [-0.15, -0.1) is 0 Å². The van der Waals surface area contributed by atoms with E-state index in [1.165, 1.54) is 76.2 Å². The first-order chi connectivity index (χ1) is 47.6. The van der Waals surface area contributed by atoms with Crippen molar-refractivity contribution in [2.24, 2.45) is 5.92 Å². The largest absolute Gasteiger partial charge is 0.454 e. The number of carbonyl (C=O) groups excluding carboxylic acids is 4. The second-order valence-corrected chi connectivity index (χ2v) is 25.5. The number of rotatable bonds is 28. The molecular formula is C81H104N4O12. The average Bonchev–Trinajstić information content (AvgIpc) is 1.90. The Morgan fingerprint density at radius 1 is 0.392 bits per heavy atom. The van der Waals surface area contributed by atoms with Crippen molar-refractivity contribution in [1.29, 1.82) is 0 Å². The van der Waals surface area contributed by atoms with Crippen molar-refractivity contribution in [3.05, 3.63) is 174 Å². The standard InChI is InChI=1S/C24H33NO3.C21H29NO3.C19H23NO3.C17H19NO3/c1-20(2)18-25-24(26)14-12-10-8-6-4-3-5-7-9-11-13-21-15-16-22-23(17-21)28-19-27-22;23-21(22-14-8-5-9-15-22)11-7-4-2-1-3-6-10-18-12-13-19-20(16-18)25-17-24-19;21-19(20-12-6-3-7-13-20)9-5-2-1-4-8-16-10-11-17-18(14-16)23-15-22-17;19-17(18-10-4-1-5-11-18)7-3-2-6-14-8-9-15-16(12-14)21-13-20-15/h8,10-17,20H,3-7,9,18-19H2,1-2H3,(H,25,26);6,10,12-13,16H,1-5,7-9,11,14-15,17H2;1-2,5,9-11,14H,3-4,6-8,12-13,15H2;2-3,6-9,12H,1,4-5,10-11,13H2/b10-8+,13-11+,14-12+;10-6+;2-1+,9-5+;6-2+,7-3+. The number of benzene rings is 4. The van der Waals surface area contributed by atoms with E-state index < -0.39 is 0 Å². The third-order valence-corrected chi connectivity index (χ3v) is 17.2. The molecule has 3 saturated heterocycles. The van der Waals surface area contributed by atoms with Crippen LogP contribution in [0.4, 0.5) is 0 Å². The van der Waals surface area contributed by atoms with Crippen LogP contribution < -0.4 is 43.2 Å². The van der Waals surface area contributed by atoms with Gasteiger partial charge in [0.15, 0.2) is 46.0 Å². The molecule has 520 valence electrons. The zero-order valence-corrected chi connectivity index (χ0v) is 57.5. The van der Waals surface area contributed by atoms with Crippen LogP contribution in [0.15, 0.2) is 152 Å². The van der Waals surface area contributed by atoms with Crippen LogP contribution in [0, 0.1) is 5.92 Å². The summed E-state index contributed by atoms with van der Waals surface area (Å²) < 4.78 is 42.7. The van der Waals surface area contributed by atoms with Crippen LogP contribution in [0.1, 0.15) is 177 Å². The molecule has 0 atom stereocenters. The van der Waals surface area contributed by atoms with E-state index in [2.05, 4.69) is 78.7 Å². The molecule has 4 aromatic rings. The summed E-state index contributed by atoms with van der Waals surface area (Å²) in [5, 5.41) is 2.86. The highest BCUT2D eigenvalue weighted by Gasteiger charge is 2.19. The fourth-order valence-corrected chi connectivity index (χ4v) is 11.6. The minimum atomic E-state index is -0.0212. The molecule has 11 rings (SSSR count). The lowest BCUT2D eigenvalue weighted by molar-refractivity contribution is -0.132. The Labute approximate surface area is 576 Å². The second kappa shape index (κ2) is 43.3. The fourth-order valence-electron chi connectivity index (χ4n) is 11.6. The number of piperidine rings is 3. The highest BCUT2D eigenvalue weighted by Crippen LogP contribution is 2.36. The Bertz CT molecular complexity index is 3320. The zero-order chi connectivity index (χ0) is 67.8. The van der Waals surface area contributed by atoms with Crippen LogP contribution in [0.3, 0.4) is 0 Å². The number of ether oxygens (including phenoxy) is 8. The summed E-state index contributed by atoms with van der Waals surface area (Å²) >= 11 is 0. The van der Waals surface area contributed by atoms with Crippen molar-refractivity contribution in [2.75, 3.05) is 73.0 Å². The maximum atomic E-state index is 12.1. The van der Waals surface area contributed by atoms with E-state index in [0.29, 0.717) is 32.2 Å². The van der Waals surface area contributed by atoms with Gasteiger partial charge in [-0.25, -0.2) is 0 Å². The minimum Gasteiger partial charge on any atom is -0.454 e. The van der Waals surface area contributed by atoms with Gasteiger partial charge in [0, 0.05) is 70.5 Å². The van der Waals surface area contributed by atoms with Crippen LogP contribution in [0.2, 0.25) is 0 Å². The van der Waals surface area contributed by atoms with E-state index in [9.17, 15) is 19.2 Å². The first kappa shape index (κ1) is 73.9. The maximum absolute atomic E-state index is 12.1. The lowest BCUT2D eigenvalue weighted by Crippen LogP contribution is -2.35. The average molecular weight is 1330 g/mol. The van der Waals surface area contributed by atoms with Crippen molar-refractivity contribution in [1.82, 2.24) is 20.0 Å². The topological polar surface area (TPSA) is 164 Å². The number of fused-ring (bicyclic) bond motifs is 4. The fraction of sp³-hybridized carbons (Fsp3) is 0.457. The van der Waals surface area contributed by atoms with Crippen LogP contribution in [-0.2, 0) is 25.6 Å². The van der Waals surface area contributed by atoms with Gasteiger partial charge in [0.25, 0.3) is 0 Å². The first-order valence-electron chi connectivity index (χ1n) is 35.7. The molecule has 0 saturated carbocycles. The number of carbonyl (C=O) groups is 4. The van der Waals surface area contributed by atoms with E-state index in [-0.39, 0.29) is 24.5 Å². The van der Waals surface area contributed by atoms with Crippen molar-refractivity contribution in [2.45, 2.75) is 162 Å². The normalized spacial score (nSPS) is 16.1. The Morgan fingerprint density at radius 3 is 1.27 bits per heavy atom. The second-order valence-electron chi connectivity index (χ2n) is 25.5. The number of unbranched alkanes of at least 4 members (excludes halogenated alkanes) is 9. The number of amides is 4. The van der Waals surface area contributed by atoms with E-state index in [0.717, 1.165) is 186 Å². The number of allylic oxidation sites excluding steroid dienone is 10. The van der Waals surface area contributed by atoms with Crippen LogP contribution in [-0.4, -0.2) is 111 Å². The molecule has 1 N–H and O–H groups in total. The van der Waals surface area contributed by atoms with Crippen molar-refractivity contribution in [3.63, 3.8) is 0 Å². The van der Waals surface area contributed by atoms with Gasteiger partial charge in [0.2, 0.25) is 50.8 Å². The lowest BCUT2D eigenvalue weighted by Gasteiger charge is -2.26. The quantitative estimate of drug-likeness (QED) is 0.0326. The Morgan fingerprint density at radius 2 is 0.784 bits per heavy atom. The molecule has 4 aromatic carbocycles. The summed E-state index contributed by atoms with van der Waals surface area (Å²) in [6, 6.07) is 23.9. The van der Waals surface area contributed by atoms with Gasteiger partial charge in [-0.1, -0.05) is 143 Å². The molecule has 16 nitrogen and oxygen atoms in total. The van der Waals surface area contributed by atoms with Gasteiger partial charge < -0.3 is 57.9 Å². The van der Waals surface area contributed by atoms with Crippen LogP contribution in [0.25, 0.3) is 18.2 Å². The summed E-state index contributed by atoms with van der Waals surface area (Å²) in [5.41, 5.74) is 4.55. The van der Waals surface area contributed by atoms with Gasteiger partial charge in [-0.3, -0.25) is 19.2 Å². The molecule has 97 heavy (non-hydrogen) atoms. The van der Waals surface area contributed by atoms with E-state index in [1.54, 1.807) is 24.3 Å². The predicted molar refractivity (Wildman–Crippen MR) is 386 cm³/mol. The smallest absolute Gasteiger partial charge is 0.246 e. The maximum Gasteiger partial charge on any atom is 0.246 e. The number of nitrogens with zero attached hydrogens (tertiary/aromatic N) is 3. The zero-order valence-electron chi connectivity index (χ0n) is 57.5. The molecule has 0 unspecified atom stereocenters. The molecule has 0 radical (unpaired) electrons. The number of aryl methyl sites for hydroxylation is 1. The van der Waals surface area contributed by atoms with Crippen LogP contribution in [0.5, 0.6) is 46.0 Å². The summed E-state index contributed by atoms with van der Waals surface area (Å²) in [5.74, 6) is 7.58. The molecule has 7 aliphatic heterocycles. The molecule has 0 spiro atoms. The Balaban J connectivity index is 0.000000166. The number of hydrogen-bond acceptors (Lipinski definition) is 12. The molecule has 4 amide bonds. The summed E-state index contributed by atoms with van der Waals surface area (Å²) in [4.78, 5) is 53.3. The van der Waals surface area contributed by atoms with Crippen molar-refractivity contribution < 1.29 is 57.1 Å². The van der Waals surface area contributed by atoms with E-state index >= 15 is 0 Å². The molecule has 0 aliphatic carbocycles. The Hall–Kier alpha value is -8.92. The highest BCUT2D eigenvalue weighted by atomic mass is 16.7. The summed E-state index contributed by atoms with van der Waals surface area (Å²) in [6.45, 7) is 11.6. The number of hydrogen-bond donors (Lipinski definition) is 1. The van der Waals surface area contributed by atoms with E-state index in [4.69, 9.17) is 37.9 Å². The molecule has 7 aliphatic rings. The van der Waals surface area contributed by atoms with Crippen molar-refractivity contribution >= 4 is 41.9 Å². The van der Waals surface area contributed by atoms with Gasteiger partial charge in [-0.2, -0.15) is 0 Å². The highest BCUT2D eigenvalue weighted by molar-refractivity contribution is 5.89. The number of likely N-dealkylation sites (tertiary alicyclic amines) is 3. The molecule has 3 fully saturated rings. The van der Waals surface area contributed by atoms with Gasteiger partial charge in [0.1, 0.15) is 0 Å². The minimum absolute atomic E-state index is 0.0212. The first-order valence-corrected chi connectivity index (χ1v) is 35.7. The molecular weight excluding hydrogens is 1220 g/mol. The third kappa shape index (κ3) is 28.0. The SMILES string of the molecule is CC(C)CNC(=O)/C=C/C=C/CCCCCC/C=C/c1ccc2c(c1)OCO2.O=C(/C=C/C=C/CCc1ccc2c(c1)OCO2)N1CCCCC1.O=C(/C=C/C=C/c1ccc2c(c1)OCO2)N1CCCCC1.O=C(CCCCCC/C=C/c1ccc2c(c1)OCO2)N1CCCCC1. The molecule has 0 bridgehead atoms. The van der Waals surface area contributed by atoms with E-state index in [1.807, 2.05) is 101 Å². The van der Waals surface area contributed by atoms with Gasteiger partial charge >= 0.3 is 0 Å². The predicted octanol–water partition coefficient (Wildman–Crippen LogP) is 16.9. The van der Waals surface area contributed by atoms with Gasteiger partial charge in [0.05, 0.1) is 0 Å². The summed E-state index contributed by atoms with van der Waals surface area (Å²) in [6.07, 6.45) is 56.9. The third-order valence-electron chi connectivity index (χ3n) is 17.2.